The quantitative estimate of drug-likeness (QED) is 0.708. The summed E-state index contributed by atoms with van der Waals surface area (Å²) >= 11 is 1.46. The third-order valence-corrected chi connectivity index (χ3v) is 4.15. The molecule has 21 heavy (non-hydrogen) atoms. The number of nitrogens with one attached hydrogen (secondary N) is 1. The topological polar surface area (TPSA) is 68.0 Å². The van der Waals surface area contributed by atoms with Crippen LogP contribution in [-0.2, 0) is 0 Å². The first kappa shape index (κ1) is 13.6. The van der Waals surface area contributed by atoms with Gasteiger partial charge in [-0.25, -0.2) is 4.98 Å². The number of aryl methyl sites for hydroxylation is 2. The lowest BCUT2D eigenvalue weighted by molar-refractivity contribution is 0.102. The maximum absolute atomic E-state index is 12.3. The van der Waals surface area contributed by atoms with Crippen LogP contribution in [0.3, 0.4) is 0 Å². The van der Waals surface area contributed by atoms with E-state index in [9.17, 15) is 4.79 Å². The largest absolute Gasteiger partial charge is 0.398 e. The monoisotopic (exact) mass is 297 g/mol. The van der Waals surface area contributed by atoms with Gasteiger partial charge in [-0.2, -0.15) is 0 Å². The molecular weight excluding hydrogens is 282 g/mol. The summed E-state index contributed by atoms with van der Waals surface area (Å²) in [6.45, 7) is 3.96. The number of hydrogen-bond acceptors (Lipinski definition) is 4. The van der Waals surface area contributed by atoms with E-state index in [0.717, 1.165) is 15.8 Å². The Kier molecular flexibility index (Phi) is 3.35. The van der Waals surface area contributed by atoms with Gasteiger partial charge in [-0.1, -0.05) is 29.0 Å². The molecule has 0 unspecified atom stereocenters. The summed E-state index contributed by atoms with van der Waals surface area (Å²) in [5.41, 5.74) is 9.86. The number of anilines is 2. The third-order valence-electron chi connectivity index (χ3n) is 3.22. The van der Waals surface area contributed by atoms with Crippen molar-refractivity contribution in [1.29, 1.82) is 0 Å². The first-order chi connectivity index (χ1) is 10.0. The Morgan fingerprint density at radius 2 is 1.86 bits per heavy atom. The molecule has 1 amide bonds. The molecule has 0 spiro atoms. The molecular formula is C16H15N3OS. The van der Waals surface area contributed by atoms with E-state index in [2.05, 4.69) is 16.4 Å². The standard InChI is InChI=1S/C16H15N3OS/c1-9-3-5-12(17)11(7-9)15(20)19-16-18-13-6-4-10(2)8-14(13)21-16/h3-8H,17H2,1-2H3,(H,18,19,20). The Labute approximate surface area is 126 Å². The second-order valence-electron chi connectivity index (χ2n) is 5.04. The zero-order valence-corrected chi connectivity index (χ0v) is 12.6. The molecule has 106 valence electrons. The van der Waals surface area contributed by atoms with Gasteiger partial charge in [0.25, 0.3) is 5.91 Å². The number of aromatic nitrogens is 1. The summed E-state index contributed by atoms with van der Waals surface area (Å²) in [5.74, 6) is -0.230. The molecule has 3 aromatic rings. The Bertz CT molecular complexity index is 839. The van der Waals surface area contributed by atoms with E-state index in [-0.39, 0.29) is 5.91 Å². The lowest BCUT2D eigenvalue weighted by Gasteiger charge is -2.06. The highest BCUT2D eigenvalue weighted by Crippen LogP contribution is 2.27. The zero-order chi connectivity index (χ0) is 15.0. The number of benzene rings is 2. The lowest BCUT2D eigenvalue weighted by atomic mass is 10.1. The predicted octanol–water partition coefficient (Wildman–Crippen LogP) is 3.75. The van der Waals surface area contributed by atoms with E-state index in [4.69, 9.17) is 5.73 Å². The summed E-state index contributed by atoms with van der Waals surface area (Å²) in [5, 5.41) is 3.41. The maximum atomic E-state index is 12.3. The number of nitrogens with two attached hydrogens (primary N) is 1. The summed E-state index contributed by atoms with van der Waals surface area (Å²) in [7, 11) is 0. The second-order valence-corrected chi connectivity index (χ2v) is 6.07. The van der Waals surface area contributed by atoms with Crippen LogP contribution in [0.5, 0.6) is 0 Å². The molecule has 0 aliphatic rings. The number of hydrogen-bond donors (Lipinski definition) is 2. The van der Waals surface area contributed by atoms with Crippen molar-refractivity contribution >= 4 is 38.3 Å². The maximum Gasteiger partial charge on any atom is 0.259 e. The van der Waals surface area contributed by atoms with E-state index in [1.165, 1.54) is 16.9 Å². The minimum Gasteiger partial charge on any atom is -0.398 e. The highest BCUT2D eigenvalue weighted by molar-refractivity contribution is 7.22. The van der Waals surface area contributed by atoms with Gasteiger partial charge in [0.15, 0.2) is 5.13 Å². The minimum atomic E-state index is -0.230. The third kappa shape index (κ3) is 2.73. The molecule has 0 radical (unpaired) electrons. The van der Waals surface area contributed by atoms with E-state index >= 15 is 0 Å². The first-order valence-corrected chi connectivity index (χ1v) is 7.39. The van der Waals surface area contributed by atoms with Crippen molar-refractivity contribution in [2.24, 2.45) is 0 Å². The van der Waals surface area contributed by atoms with Crippen LogP contribution >= 0.6 is 11.3 Å². The van der Waals surface area contributed by atoms with Crippen LogP contribution in [-0.4, -0.2) is 10.9 Å². The highest BCUT2D eigenvalue weighted by Gasteiger charge is 2.12. The molecule has 2 aromatic carbocycles. The summed E-state index contributed by atoms with van der Waals surface area (Å²) in [6.07, 6.45) is 0. The van der Waals surface area contributed by atoms with Crippen molar-refractivity contribution in [1.82, 2.24) is 4.98 Å². The molecule has 0 atom stereocenters. The van der Waals surface area contributed by atoms with Gasteiger partial charge in [0.05, 0.1) is 15.8 Å². The fourth-order valence-corrected chi connectivity index (χ4v) is 3.08. The minimum absolute atomic E-state index is 0.230. The van der Waals surface area contributed by atoms with Crippen LogP contribution in [0.15, 0.2) is 36.4 Å². The molecule has 0 saturated carbocycles. The Balaban J connectivity index is 1.90. The van der Waals surface area contributed by atoms with Crippen molar-refractivity contribution < 1.29 is 4.79 Å². The molecule has 1 heterocycles. The second kappa shape index (κ2) is 5.18. The average molecular weight is 297 g/mol. The highest BCUT2D eigenvalue weighted by atomic mass is 32.1. The Hall–Kier alpha value is -2.40. The SMILES string of the molecule is Cc1ccc(N)c(C(=O)Nc2nc3ccc(C)cc3s2)c1. The summed E-state index contributed by atoms with van der Waals surface area (Å²) < 4.78 is 1.06. The molecule has 0 saturated heterocycles. The van der Waals surface area contributed by atoms with Crippen LogP contribution in [0, 0.1) is 13.8 Å². The van der Waals surface area contributed by atoms with Crippen LogP contribution in [0.25, 0.3) is 10.2 Å². The Morgan fingerprint density at radius 1 is 1.14 bits per heavy atom. The van der Waals surface area contributed by atoms with E-state index < -0.39 is 0 Å². The average Bonchev–Trinajstić information content (AvgIpc) is 2.82. The number of thiazole rings is 1. The molecule has 1 aromatic heterocycles. The van der Waals surface area contributed by atoms with Gasteiger partial charge < -0.3 is 5.73 Å². The normalized spacial score (nSPS) is 10.8. The van der Waals surface area contributed by atoms with Crippen LogP contribution in [0.4, 0.5) is 10.8 Å². The molecule has 0 bridgehead atoms. The van der Waals surface area contributed by atoms with Gasteiger partial charge in [0.2, 0.25) is 0 Å². The van der Waals surface area contributed by atoms with Crippen molar-refractivity contribution in [3.8, 4) is 0 Å². The Morgan fingerprint density at radius 3 is 2.67 bits per heavy atom. The molecule has 3 rings (SSSR count). The van der Waals surface area contributed by atoms with Gasteiger partial charge in [-0.3, -0.25) is 10.1 Å². The van der Waals surface area contributed by atoms with Gasteiger partial charge in [-0.05, 0) is 43.7 Å². The van der Waals surface area contributed by atoms with E-state index in [1.807, 2.05) is 32.0 Å². The fourth-order valence-electron chi connectivity index (χ4n) is 2.12. The van der Waals surface area contributed by atoms with Gasteiger partial charge >= 0.3 is 0 Å². The van der Waals surface area contributed by atoms with Gasteiger partial charge in [-0.15, -0.1) is 0 Å². The van der Waals surface area contributed by atoms with Crippen molar-refractivity contribution in [3.05, 3.63) is 53.1 Å². The molecule has 0 aliphatic carbocycles. The number of rotatable bonds is 2. The summed E-state index contributed by atoms with van der Waals surface area (Å²) in [6, 6.07) is 11.4. The van der Waals surface area contributed by atoms with E-state index in [1.54, 1.807) is 12.1 Å². The van der Waals surface area contributed by atoms with Crippen molar-refractivity contribution in [3.63, 3.8) is 0 Å². The summed E-state index contributed by atoms with van der Waals surface area (Å²) in [4.78, 5) is 16.7. The number of amides is 1. The van der Waals surface area contributed by atoms with Crippen LogP contribution in [0.2, 0.25) is 0 Å². The van der Waals surface area contributed by atoms with Gasteiger partial charge in [0, 0.05) is 5.69 Å². The lowest BCUT2D eigenvalue weighted by Crippen LogP contribution is -2.14. The molecule has 0 aliphatic heterocycles. The molecule has 0 fully saturated rings. The number of nitrogen functional groups attached to an aromatic ring is 1. The van der Waals surface area contributed by atoms with Crippen LogP contribution in [0.1, 0.15) is 21.5 Å². The zero-order valence-electron chi connectivity index (χ0n) is 11.8. The molecule has 4 nitrogen and oxygen atoms in total. The van der Waals surface area contributed by atoms with Crippen molar-refractivity contribution in [2.75, 3.05) is 11.1 Å². The number of nitrogens with zero attached hydrogens (tertiary/aromatic N) is 1. The van der Waals surface area contributed by atoms with Gasteiger partial charge in [0.1, 0.15) is 0 Å². The predicted molar refractivity (Wildman–Crippen MR) is 87.9 cm³/mol. The smallest absolute Gasteiger partial charge is 0.259 e. The van der Waals surface area contributed by atoms with Crippen LogP contribution < -0.4 is 11.1 Å². The fraction of sp³-hybridized carbons (Fsp3) is 0.125. The first-order valence-electron chi connectivity index (χ1n) is 6.57. The number of carbonyl (C=O) groups is 1. The van der Waals surface area contributed by atoms with Crippen molar-refractivity contribution in [2.45, 2.75) is 13.8 Å². The van der Waals surface area contributed by atoms with E-state index in [0.29, 0.717) is 16.4 Å². The molecule has 5 heteroatoms. The molecule has 3 N–H and O–H groups in total. The number of carbonyl (C=O) groups excluding carboxylic acids is 1. The number of fused-ring (bicyclic) bond motifs is 1.